The maximum Gasteiger partial charge on any atom is 0.162 e. The zero-order chi connectivity index (χ0) is 14.7. The number of rotatable bonds is 3. The second kappa shape index (κ2) is 6.14. The highest BCUT2D eigenvalue weighted by atomic mass is 16.5. The van der Waals surface area contributed by atoms with Crippen molar-refractivity contribution in [2.75, 3.05) is 38.8 Å². The Balaban J connectivity index is 1.92. The number of anilines is 1. The van der Waals surface area contributed by atoms with E-state index in [4.69, 9.17) is 9.47 Å². The molecular formula is C17H26N2O2. The van der Waals surface area contributed by atoms with Gasteiger partial charge >= 0.3 is 0 Å². The average molecular weight is 290 g/mol. The van der Waals surface area contributed by atoms with Crippen LogP contribution >= 0.6 is 0 Å². The molecule has 0 unspecified atom stereocenters. The number of ether oxygens (including phenoxy) is 2. The van der Waals surface area contributed by atoms with Crippen LogP contribution in [0.2, 0.25) is 0 Å². The summed E-state index contributed by atoms with van der Waals surface area (Å²) in [5.74, 6) is 1.62. The van der Waals surface area contributed by atoms with Crippen molar-refractivity contribution in [1.29, 1.82) is 0 Å². The Morgan fingerprint density at radius 2 is 1.81 bits per heavy atom. The van der Waals surface area contributed by atoms with Gasteiger partial charge in [-0.25, -0.2) is 0 Å². The van der Waals surface area contributed by atoms with Gasteiger partial charge in [-0.1, -0.05) is 19.3 Å². The summed E-state index contributed by atoms with van der Waals surface area (Å²) in [6.07, 6.45) is 6.63. The summed E-state index contributed by atoms with van der Waals surface area (Å²) in [6.45, 7) is 3.22. The summed E-state index contributed by atoms with van der Waals surface area (Å²) in [6, 6.07) is 6.32. The zero-order valence-electron chi connectivity index (χ0n) is 13.2. The minimum Gasteiger partial charge on any atom is -0.493 e. The monoisotopic (exact) mass is 290 g/mol. The van der Waals surface area contributed by atoms with Crippen LogP contribution in [0, 0.1) is 0 Å². The van der Waals surface area contributed by atoms with E-state index in [2.05, 4.69) is 22.3 Å². The van der Waals surface area contributed by atoms with Crippen LogP contribution in [0.3, 0.4) is 0 Å². The highest BCUT2D eigenvalue weighted by Gasteiger charge is 2.39. The quantitative estimate of drug-likeness (QED) is 0.928. The first-order valence-electron chi connectivity index (χ1n) is 7.99. The predicted molar refractivity (Wildman–Crippen MR) is 85.6 cm³/mol. The minimum atomic E-state index is 0.288. The molecule has 1 aromatic rings. The van der Waals surface area contributed by atoms with Crippen molar-refractivity contribution in [3.05, 3.63) is 18.2 Å². The molecule has 1 heterocycles. The first kappa shape index (κ1) is 14.5. The molecule has 21 heavy (non-hydrogen) atoms. The highest BCUT2D eigenvalue weighted by Crippen LogP contribution is 2.40. The molecule has 4 heteroatoms. The summed E-state index contributed by atoms with van der Waals surface area (Å²) < 4.78 is 10.8. The third-order valence-electron chi connectivity index (χ3n) is 5.00. The van der Waals surface area contributed by atoms with Gasteiger partial charge in [0.2, 0.25) is 0 Å². The summed E-state index contributed by atoms with van der Waals surface area (Å²) in [7, 11) is 3.39. The van der Waals surface area contributed by atoms with Gasteiger partial charge in [-0.15, -0.1) is 0 Å². The Hall–Kier alpha value is -1.42. The van der Waals surface area contributed by atoms with Crippen LogP contribution < -0.4 is 19.7 Å². The van der Waals surface area contributed by atoms with Gasteiger partial charge in [-0.05, 0) is 25.0 Å². The molecule has 0 amide bonds. The Morgan fingerprint density at radius 1 is 1.05 bits per heavy atom. The fraction of sp³-hybridized carbons (Fsp3) is 0.647. The van der Waals surface area contributed by atoms with Crippen molar-refractivity contribution >= 4 is 5.69 Å². The molecule has 1 spiro atoms. The standard InChI is InChI=1S/C17H26N2O2/c1-20-15-7-6-14(12-16(15)21-2)19-11-10-18-13-17(19)8-4-3-5-9-17/h6-7,12,18H,3-5,8-11,13H2,1-2H3. The van der Waals surface area contributed by atoms with Gasteiger partial charge in [0, 0.05) is 31.4 Å². The maximum atomic E-state index is 5.48. The molecule has 1 aliphatic carbocycles. The highest BCUT2D eigenvalue weighted by molar-refractivity contribution is 5.58. The molecule has 1 aliphatic heterocycles. The molecule has 0 aromatic heterocycles. The molecular weight excluding hydrogens is 264 g/mol. The molecule has 116 valence electrons. The fourth-order valence-electron chi connectivity index (χ4n) is 3.90. The van der Waals surface area contributed by atoms with Crippen molar-refractivity contribution in [2.24, 2.45) is 0 Å². The lowest BCUT2D eigenvalue weighted by atomic mass is 9.78. The van der Waals surface area contributed by atoms with Crippen LogP contribution in [0.4, 0.5) is 5.69 Å². The zero-order valence-corrected chi connectivity index (χ0v) is 13.2. The minimum absolute atomic E-state index is 0.288. The smallest absolute Gasteiger partial charge is 0.162 e. The van der Waals surface area contributed by atoms with E-state index in [1.54, 1.807) is 14.2 Å². The first-order valence-corrected chi connectivity index (χ1v) is 7.99. The van der Waals surface area contributed by atoms with Crippen molar-refractivity contribution in [2.45, 2.75) is 37.6 Å². The van der Waals surface area contributed by atoms with E-state index >= 15 is 0 Å². The van der Waals surface area contributed by atoms with Crippen molar-refractivity contribution in [3.8, 4) is 11.5 Å². The topological polar surface area (TPSA) is 33.7 Å². The average Bonchev–Trinajstić information content (AvgIpc) is 2.55. The summed E-state index contributed by atoms with van der Waals surface area (Å²) in [5, 5.41) is 3.60. The molecule has 0 atom stereocenters. The number of nitrogens with zero attached hydrogens (tertiary/aromatic N) is 1. The van der Waals surface area contributed by atoms with Gasteiger partial charge in [-0.3, -0.25) is 0 Å². The van der Waals surface area contributed by atoms with Gasteiger partial charge in [0.25, 0.3) is 0 Å². The van der Waals surface area contributed by atoms with Crippen molar-refractivity contribution in [3.63, 3.8) is 0 Å². The van der Waals surface area contributed by atoms with Crippen LogP contribution in [0.1, 0.15) is 32.1 Å². The number of piperazine rings is 1. The number of hydrogen-bond acceptors (Lipinski definition) is 4. The van der Waals surface area contributed by atoms with E-state index in [0.717, 1.165) is 31.1 Å². The lowest BCUT2D eigenvalue weighted by Gasteiger charge is -2.51. The normalized spacial score (nSPS) is 21.3. The third kappa shape index (κ3) is 2.69. The van der Waals surface area contributed by atoms with E-state index in [9.17, 15) is 0 Å². The molecule has 1 saturated carbocycles. The van der Waals surface area contributed by atoms with E-state index in [-0.39, 0.29) is 5.54 Å². The Kier molecular flexibility index (Phi) is 4.24. The van der Waals surface area contributed by atoms with Crippen LogP contribution in [-0.2, 0) is 0 Å². The van der Waals surface area contributed by atoms with Gasteiger partial charge in [0.1, 0.15) is 0 Å². The van der Waals surface area contributed by atoms with Gasteiger partial charge in [0.05, 0.1) is 19.8 Å². The van der Waals surface area contributed by atoms with E-state index in [0.29, 0.717) is 0 Å². The lowest BCUT2D eigenvalue weighted by Crippen LogP contribution is -2.62. The second-order valence-corrected chi connectivity index (χ2v) is 6.15. The molecule has 1 N–H and O–H groups in total. The lowest BCUT2D eigenvalue weighted by molar-refractivity contribution is 0.241. The SMILES string of the molecule is COc1ccc(N2CCNCC23CCCCC3)cc1OC. The second-order valence-electron chi connectivity index (χ2n) is 6.15. The Labute approximate surface area is 127 Å². The number of benzene rings is 1. The molecule has 0 radical (unpaired) electrons. The van der Waals surface area contributed by atoms with Crippen LogP contribution in [0.15, 0.2) is 18.2 Å². The van der Waals surface area contributed by atoms with E-state index in [1.807, 2.05) is 6.07 Å². The van der Waals surface area contributed by atoms with Crippen LogP contribution in [0.25, 0.3) is 0 Å². The molecule has 1 aromatic carbocycles. The molecule has 3 rings (SSSR count). The molecule has 2 fully saturated rings. The van der Waals surface area contributed by atoms with Crippen LogP contribution in [0.5, 0.6) is 11.5 Å². The largest absolute Gasteiger partial charge is 0.493 e. The van der Waals surface area contributed by atoms with Gasteiger partial charge < -0.3 is 19.7 Å². The Bertz CT molecular complexity index is 475. The number of nitrogens with one attached hydrogen (secondary N) is 1. The van der Waals surface area contributed by atoms with Gasteiger partial charge in [0.15, 0.2) is 11.5 Å². The molecule has 0 bridgehead atoms. The summed E-state index contributed by atoms with van der Waals surface area (Å²) in [5.41, 5.74) is 1.55. The predicted octanol–water partition coefficient (Wildman–Crippen LogP) is 2.82. The third-order valence-corrected chi connectivity index (χ3v) is 5.00. The molecule has 4 nitrogen and oxygen atoms in total. The van der Waals surface area contributed by atoms with Crippen LogP contribution in [-0.4, -0.2) is 39.4 Å². The fourth-order valence-corrected chi connectivity index (χ4v) is 3.90. The molecule has 2 aliphatic rings. The Morgan fingerprint density at radius 3 is 2.52 bits per heavy atom. The van der Waals surface area contributed by atoms with Crippen molar-refractivity contribution in [1.82, 2.24) is 5.32 Å². The molecule has 1 saturated heterocycles. The summed E-state index contributed by atoms with van der Waals surface area (Å²) >= 11 is 0. The number of hydrogen-bond donors (Lipinski definition) is 1. The summed E-state index contributed by atoms with van der Waals surface area (Å²) in [4.78, 5) is 2.60. The maximum absolute atomic E-state index is 5.48. The number of methoxy groups -OCH3 is 2. The van der Waals surface area contributed by atoms with E-state index in [1.165, 1.54) is 37.8 Å². The van der Waals surface area contributed by atoms with Gasteiger partial charge in [-0.2, -0.15) is 0 Å². The first-order chi connectivity index (χ1) is 10.3. The van der Waals surface area contributed by atoms with Crippen molar-refractivity contribution < 1.29 is 9.47 Å². The van der Waals surface area contributed by atoms with E-state index < -0.39 is 0 Å².